The van der Waals surface area contributed by atoms with Crippen LogP contribution >= 0.6 is 23.3 Å². The van der Waals surface area contributed by atoms with Crippen molar-refractivity contribution >= 4 is 68.7 Å². The lowest BCUT2D eigenvalue weighted by Gasteiger charge is -2.50. The normalized spacial score (nSPS) is 18.0. The predicted octanol–water partition coefficient (Wildman–Crippen LogP) is -0.851. The Morgan fingerprint density at radius 2 is 2.04 bits per heavy atom. The summed E-state index contributed by atoms with van der Waals surface area (Å²) in [6.07, 6.45) is 5.74. The number of aliphatic carboxylic acids is 1. The molecular weight excluding hydrogens is 621 g/mol. The van der Waals surface area contributed by atoms with Crippen molar-refractivity contribution in [3.63, 3.8) is 0 Å². The third-order valence-electron chi connectivity index (χ3n) is 7.34. The van der Waals surface area contributed by atoms with Gasteiger partial charge in [-0.2, -0.15) is 13.9 Å². The van der Waals surface area contributed by atoms with Gasteiger partial charge >= 0.3 is 0 Å². The maximum absolute atomic E-state index is 13.2. The Kier molecular flexibility index (Phi) is 7.94. The first-order valence-electron chi connectivity index (χ1n) is 13.5. The molecule has 6 rings (SSSR count). The van der Waals surface area contributed by atoms with Gasteiger partial charge in [0.25, 0.3) is 11.8 Å². The molecule has 230 valence electrons. The number of amidine groups is 1. The highest BCUT2D eigenvalue weighted by atomic mass is 32.2. The van der Waals surface area contributed by atoms with Gasteiger partial charge in [0.05, 0.1) is 11.7 Å². The van der Waals surface area contributed by atoms with Gasteiger partial charge in [-0.05, 0) is 11.6 Å². The van der Waals surface area contributed by atoms with E-state index < -0.39 is 29.2 Å². The molecule has 0 unspecified atom stereocenters. The SMILES string of the molecule is CO/N=C(\C(=O)N[C@@H]1C(=O)N2C(C(=O)[O-])=C(C[n+]3ccc4ccn(Cc5ccc(C(=N)N)cc5)c4c3)CS[C@H]12)c1nsc(N)n1. The van der Waals surface area contributed by atoms with Crippen molar-refractivity contribution < 1.29 is 28.9 Å². The molecule has 4 aromatic rings. The number of amides is 2. The highest BCUT2D eigenvalue weighted by Gasteiger charge is 2.53. The van der Waals surface area contributed by atoms with E-state index in [0.29, 0.717) is 23.4 Å². The molecule has 45 heavy (non-hydrogen) atoms. The standard InChI is InChI=1S/C28H26N10O5S2/c1-43-34-19(23-33-28(31)45-35-23)24(39)32-20-25(40)38-21(27(41)42)17(13-44-26(20)38)11-36-8-6-15-7-9-37(18(15)12-36)10-14-2-4-16(5-3-14)22(29)30/h2-9,12,20,26H,10-11,13H2,1H3,(H6-,29,30,31,32,33,35,39,41,42)/b34-19-/t20-,26-/m1/s1. The van der Waals surface area contributed by atoms with Crippen LogP contribution in [0, 0.1) is 5.41 Å². The Labute approximate surface area is 263 Å². The minimum Gasteiger partial charge on any atom is -0.543 e. The third-order valence-corrected chi connectivity index (χ3v) is 9.22. The number of nitrogen functional groups attached to an aromatic ring is 2. The fourth-order valence-electron chi connectivity index (χ4n) is 5.22. The van der Waals surface area contributed by atoms with E-state index in [0.717, 1.165) is 32.9 Å². The Bertz CT molecular complexity index is 1920. The van der Waals surface area contributed by atoms with E-state index in [9.17, 15) is 19.5 Å². The number of hydrogen-bond donors (Lipinski definition) is 4. The summed E-state index contributed by atoms with van der Waals surface area (Å²) in [6, 6.07) is 10.4. The van der Waals surface area contributed by atoms with Crippen molar-refractivity contribution in [2.45, 2.75) is 24.5 Å². The van der Waals surface area contributed by atoms with Crippen molar-refractivity contribution in [2.24, 2.45) is 10.9 Å². The van der Waals surface area contributed by atoms with Crippen molar-refractivity contribution in [1.82, 2.24) is 24.1 Å². The number of aromatic nitrogens is 4. The van der Waals surface area contributed by atoms with E-state index in [2.05, 4.69) is 24.4 Å². The second-order valence-corrected chi connectivity index (χ2v) is 12.1. The van der Waals surface area contributed by atoms with E-state index in [1.165, 1.54) is 18.9 Å². The number of oxime groups is 1. The first-order chi connectivity index (χ1) is 21.6. The van der Waals surface area contributed by atoms with Gasteiger partial charge in [-0.25, -0.2) is 0 Å². The van der Waals surface area contributed by atoms with E-state index >= 15 is 0 Å². The molecule has 0 radical (unpaired) electrons. The molecule has 5 heterocycles. The van der Waals surface area contributed by atoms with Crippen LogP contribution < -0.4 is 26.5 Å². The van der Waals surface area contributed by atoms with Crippen LogP contribution in [0.5, 0.6) is 0 Å². The molecular formula is C28H26N10O5S2. The van der Waals surface area contributed by atoms with Crippen LogP contribution in [0.25, 0.3) is 10.9 Å². The number of hydrogen-bond acceptors (Lipinski definition) is 12. The Hall–Kier alpha value is -5.29. The summed E-state index contributed by atoms with van der Waals surface area (Å²) in [6.45, 7) is 0.786. The van der Waals surface area contributed by atoms with E-state index in [4.69, 9.17) is 21.7 Å². The number of anilines is 1. The largest absolute Gasteiger partial charge is 0.543 e. The lowest BCUT2D eigenvalue weighted by Crippen LogP contribution is -2.71. The quantitative estimate of drug-likeness (QED) is 0.0549. The van der Waals surface area contributed by atoms with Gasteiger partial charge in [0.2, 0.25) is 11.5 Å². The average molecular weight is 647 g/mol. The van der Waals surface area contributed by atoms with Gasteiger partial charge in [0.15, 0.2) is 24.1 Å². The van der Waals surface area contributed by atoms with Crippen LogP contribution in [-0.2, 0) is 32.3 Å². The molecule has 1 aromatic carbocycles. The Morgan fingerprint density at radius 3 is 2.71 bits per heavy atom. The van der Waals surface area contributed by atoms with Gasteiger partial charge in [-0.1, -0.05) is 29.4 Å². The highest BCUT2D eigenvalue weighted by molar-refractivity contribution is 8.00. The number of rotatable bonds is 10. The first-order valence-corrected chi connectivity index (χ1v) is 15.3. The van der Waals surface area contributed by atoms with Crippen molar-refractivity contribution in [2.75, 3.05) is 18.6 Å². The molecule has 1 fully saturated rings. The van der Waals surface area contributed by atoms with Crippen LogP contribution in [0.2, 0.25) is 0 Å². The minimum absolute atomic E-state index is 0.00694. The number of carboxylic acid groups (broad SMARTS) is 1. The van der Waals surface area contributed by atoms with E-state index in [1.807, 2.05) is 47.4 Å². The molecule has 0 aliphatic carbocycles. The van der Waals surface area contributed by atoms with Gasteiger partial charge < -0.3 is 36.1 Å². The molecule has 2 atom stereocenters. The third kappa shape index (κ3) is 5.69. The van der Waals surface area contributed by atoms with Crippen LogP contribution in [0.4, 0.5) is 5.13 Å². The fraction of sp³-hybridized carbons (Fsp3) is 0.214. The van der Waals surface area contributed by atoms with E-state index in [1.54, 1.807) is 12.1 Å². The molecule has 2 aliphatic rings. The Morgan fingerprint density at radius 1 is 1.27 bits per heavy atom. The molecule has 17 heteroatoms. The van der Waals surface area contributed by atoms with Crippen LogP contribution in [0.15, 0.2) is 71.4 Å². The van der Waals surface area contributed by atoms with Crippen LogP contribution in [0.1, 0.15) is 17.0 Å². The van der Waals surface area contributed by atoms with Crippen molar-refractivity contribution in [3.05, 3.63) is 83.2 Å². The number of nitrogens with zero attached hydrogens (tertiary/aromatic N) is 6. The molecule has 15 nitrogen and oxygen atoms in total. The lowest BCUT2D eigenvalue weighted by atomic mass is 10.0. The molecule has 0 bridgehead atoms. The van der Waals surface area contributed by atoms with Gasteiger partial charge in [-0.3, -0.25) is 19.9 Å². The van der Waals surface area contributed by atoms with Crippen molar-refractivity contribution in [1.29, 1.82) is 5.41 Å². The number of benzene rings is 1. The van der Waals surface area contributed by atoms with Gasteiger partial charge in [-0.15, -0.1) is 11.8 Å². The number of thioether (sulfide) groups is 1. The lowest BCUT2D eigenvalue weighted by molar-refractivity contribution is -0.687. The zero-order valence-corrected chi connectivity index (χ0v) is 25.3. The second-order valence-electron chi connectivity index (χ2n) is 10.2. The predicted molar refractivity (Wildman–Crippen MR) is 164 cm³/mol. The monoisotopic (exact) mass is 646 g/mol. The minimum atomic E-state index is -1.48. The first kappa shape index (κ1) is 29.8. The van der Waals surface area contributed by atoms with Gasteiger partial charge in [0, 0.05) is 52.6 Å². The fourth-order valence-corrected chi connectivity index (χ4v) is 6.99. The molecule has 0 saturated carbocycles. The summed E-state index contributed by atoms with van der Waals surface area (Å²) < 4.78 is 7.90. The number of carboxylic acids is 1. The topological polar surface area (TPSA) is 222 Å². The molecule has 3 aromatic heterocycles. The average Bonchev–Trinajstić information content (AvgIpc) is 3.63. The zero-order chi connectivity index (χ0) is 31.8. The number of fused-ring (bicyclic) bond motifs is 2. The summed E-state index contributed by atoms with van der Waals surface area (Å²) in [5.41, 5.74) is 13.8. The van der Waals surface area contributed by atoms with Crippen LogP contribution in [-0.4, -0.2) is 72.4 Å². The number of β-lactam (4-membered cyclic amide) rings is 1. The van der Waals surface area contributed by atoms with E-state index in [-0.39, 0.29) is 34.7 Å². The highest BCUT2D eigenvalue weighted by Crippen LogP contribution is 2.40. The molecule has 2 amide bonds. The molecule has 2 aliphatic heterocycles. The maximum atomic E-state index is 13.2. The molecule has 0 spiro atoms. The molecule has 1 saturated heterocycles. The number of pyridine rings is 1. The summed E-state index contributed by atoms with van der Waals surface area (Å²) in [7, 11) is 1.25. The number of nitrogens with two attached hydrogens (primary N) is 2. The summed E-state index contributed by atoms with van der Waals surface area (Å²) >= 11 is 2.20. The zero-order valence-electron chi connectivity index (χ0n) is 23.7. The Balaban J connectivity index is 1.20. The summed E-state index contributed by atoms with van der Waals surface area (Å²) in [5, 5.41) is 26.7. The van der Waals surface area contributed by atoms with Crippen LogP contribution in [0.3, 0.4) is 0 Å². The van der Waals surface area contributed by atoms with Crippen molar-refractivity contribution in [3.8, 4) is 0 Å². The summed E-state index contributed by atoms with van der Waals surface area (Å²) in [4.78, 5) is 48.4. The smallest absolute Gasteiger partial charge is 0.278 e. The maximum Gasteiger partial charge on any atom is 0.278 e. The number of nitrogens with one attached hydrogen (secondary N) is 2. The summed E-state index contributed by atoms with van der Waals surface area (Å²) in [5.74, 6) is -2.59. The van der Waals surface area contributed by atoms with Gasteiger partial charge in [0.1, 0.15) is 29.9 Å². The number of carbonyl (C=O) groups excluding carboxylic acids is 3. The number of carbonyl (C=O) groups is 3. The second kappa shape index (κ2) is 12.0. The molecule has 6 N–H and O–H groups in total.